The standard InChI is InChI=1S/C23H26N6O/c1-28(2)22-25-20(26-23(27-22)29-14-6-7-15-29)16-24-21(30)19-12-10-18(11-13-19)17-8-4-3-5-9-17/h3-5,8-13H,6-7,14-16H2,1-2H3,(H,24,30). The maximum absolute atomic E-state index is 12.6. The second kappa shape index (κ2) is 8.90. The number of rotatable bonds is 6. The minimum atomic E-state index is -0.149. The van der Waals surface area contributed by atoms with Crippen molar-refractivity contribution in [1.82, 2.24) is 20.3 Å². The normalized spacial score (nSPS) is 13.3. The van der Waals surface area contributed by atoms with E-state index >= 15 is 0 Å². The van der Waals surface area contributed by atoms with E-state index in [4.69, 9.17) is 0 Å². The summed E-state index contributed by atoms with van der Waals surface area (Å²) in [5, 5.41) is 2.93. The highest BCUT2D eigenvalue weighted by molar-refractivity contribution is 5.94. The summed E-state index contributed by atoms with van der Waals surface area (Å²) in [5.41, 5.74) is 2.81. The smallest absolute Gasteiger partial charge is 0.251 e. The summed E-state index contributed by atoms with van der Waals surface area (Å²) in [6.07, 6.45) is 2.29. The number of nitrogens with one attached hydrogen (secondary N) is 1. The van der Waals surface area contributed by atoms with Gasteiger partial charge in [-0.1, -0.05) is 42.5 Å². The van der Waals surface area contributed by atoms with E-state index in [1.165, 1.54) is 0 Å². The monoisotopic (exact) mass is 402 g/mol. The van der Waals surface area contributed by atoms with Crippen molar-refractivity contribution in [3.63, 3.8) is 0 Å². The molecule has 1 fully saturated rings. The van der Waals surface area contributed by atoms with E-state index in [9.17, 15) is 4.79 Å². The number of hydrogen-bond donors (Lipinski definition) is 1. The summed E-state index contributed by atoms with van der Waals surface area (Å²) < 4.78 is 0. The number of aromatic nitrogens is 3. The molecule has 1 aliphatic heterocycles. The second-order valence-electron chi connectivity index (χ2n) is 7.57. The van der Waals surface area contributed by atoms with E-state index in [-0.39, 0.29) is 12.5 Å². The van der Waals surface area contributed by atoms with Crippen molar-refractivity contribution < 1.29 is 4.79 Å². The fraction of sp³-hybridized carbons (Fsp3) is 0.304. The van der Waals surface area contributed by atoms with Crippen molar-refractivity contribution in [2.75, 3.05) is 37.0 Å². The van der Waals surface area contributed by atoms with Gasteiger partial charge >= 0.3 is 0 Å². The van der Waals surface area contributed by atoms with Gasteiger partial charge < -0.3 is 15.1 Å². The average Bonchev–Trinajstić information content (AvgIpc) is 3.33. The van der Waals surface area contributed by atoms with Gasteiger partial charge in [-0.25, -0.2) is 0 Å². The zero-order valence-corrected chi connectivity index (χ0v) is 17.4. The molecule has 2 aromatic carbocycles. The first-order chi connectivity index (χ1) is 14.6. The molecule has 1 aromatic heterocycles. The zero-order chi connectivity index (χ0) is 20.9. The molecule has 154 valence electrons. The molecular formula is C23H26N6O. The van der Waals surface area contributed by atoms with Crippen LogP contribution in [0.25, 0.3) is 11.1 Å². The van der Waals surface area contributed by atoms with Gasteiger partial charge in [0.25, 0.3) is 5.91 Å². The first kappa shape index (κ1) is 19.8. The number of amides is 1. The molecule has 1 saturated heterocycles. The second-order valence-corrected chi connectivity index (χ2v) is 7.57. The van der Waals surface area contributed by atoms with Crippen molar-refractivity contribution in [1.29, 1.82) is 0 Å². The minimum absolute atomic E-state index is 0.149. The number of carbonyl (C=O) groups excluding carboxylic acids is 1. The van der Waals surface area contributed by atoms with Gasteiger partial charge in [0, 0.05) is 32.7 Å². The van der Waals surface area contributed by atoms with Crippen LogP contribution in [-0.2, 0) is 6.54 Å². The summed E-state index contributed by atoms with van der Waals surface area (Å²) in [4.78, 5) is 30.3. The molecule has 0 radical (unpaired) electrons. The third-order valence-electron chi connectivity index (χ3n) is 5.11. The van der Waals surface area contributed by atoms with Gasteiger partial charge in [-0.2, -0.15) is 15.0 Å². The lowest BCUT2D eigenvalue weighted by molar-refractivity contribution is 0.0950. The Balaban J connectivity index is 1.45. The van der Waals surface area contributed by atoms with Gasteiger partial charge in [0.2, 0.25) is 11.9 Å². The molecule has 0 saturated carbocycles. The van der Waals surface area contributed by atoms with E-state index in [1.54, 1.807) is 0 Å². The van der Waals surface area contributed by atoms with E-state index < -0.39 is 0 Å². The van der Waals surface area contributed by atoms with Crippen molar-refractivity contribution in [2.45, 2.75) is 19.4 Å². The maximum atomic E-state index is 12.6. The molecule has 0 spiro atoms. The summed E-state index contributed by atoms with van der Waals surface area (Å²) >= 11 is 0. The molecule has 30 heavy (non-hydrogen) atoms. The van der Waals surface area contributed by atoms with Crippen LogP contribution in [0.4, 0.5) is 11.9 Å². The minimum Gasteiger partial charge on any atom is -0.347 e. The molecule has 3 aromatic rings. The van der Waals surface area contributed by atoms with Gasteiger partial charge in [0.15, 0.2) is 5.82 Å². The number of hydrogen-bond acceptors (Lipinski definition) is 6. The largest absolute Gasteiger partial charge is 0.347 e. The van der Waals surface area contributed by atoms with Crippen molar-refractivity contribution in [3.05, 3.63) is 66.0 Å². The van der Waals surface area contributed by atoms with Gasteiger partial charge in [-0.15, -0.1) is 0 Å². The van der Waals surface area contributed by atoms with Crippen LogP contribution in [0.15, 0.2) is 54.6 Å². The number of anilines is 2. The molecular weight excluding hydrogens is 376 g/mol. The summed E-state index contributed by atoms with van der Waals surface area (Å²) in [6, 6.07) is 17.7. The van der Waals surface area contributed by atoms with Crippen LogP contribution in [0.2, 0.25) is 0 Å². The molecule has 1 amide bonds. The summed E-state index contributed by atoms with van der Waals surface area (Å²) in [7, 11) is 3.81. The van der Waals surface area contributed by atoms with Crippen LogP contribution >= 0.6 is 0 Å². The van der Waals surface area contributed by atoms with Crippen molar-refractivity contribution in [3.8, 4) is 11.1 Å². The quantitative estimate of drug-likeness (QED) is 0.683. The molecule has 1 aliphatic rings. The first-order valence-corrected chi connectivity index (χ1v) is 10.2. The average molecular weight is 403 g/mol. The topological polar surface area (TPSA) is 74.2 Å². The van der Waals surface area contributed by atoms with Crippen LogP contribution < -0.4 is 15.1 Å². The van der Waals surface area contributed by atoms with Gasteiger partial charge in [-0.3, -0.25) is 4.79 Å². The van der Waals surface area contributed by atoms with E-state index in [0.717, 1.165) is 37.1 Å². The molecule has 0 unspecified atom stereocenters. The Morgan fingerprint density at radius 1 is 0.933 bits per heavy atom. The highest BCUT2D eigenvalue weighted by Gasteiger charge is 2.18. The van der Waals surface area contributed by atoms with E-state index in [2.05, 4.69) is 37.3 Å². The Kier molecular flexibility index (Phi) is 5.88. The molecule has 0 aliphatic carbocycles. The fourth-order valence-corrected chi connectivity index (χ4v) is 3.44. The van der Waals surface area contributed by atoms with Crippen LogP contribution in [0.1, 0.15) is 29.0 Å². The van der Waals surface area contributed by atoms with E-state index in [0.29, 0.717) is 23.3 Å². The van der Waals surface area contributed by atoms with Crippen LogP contribution in [-0.4, -0.2) is 48.0 Å². The lowest BCUT2D eigenvalue weighted by atomic mass is 10.0. The predicted octanol–water partition coefficient (Wildman–Crippen LogP) is 3.13. The number of benzene rings is 2. The lowest BCUT2D eigenvalue weighted by Crippen LogP contribution is -2.27. The molecule has 7 heteroatoms. The Morgan fingerprint density at radius 3 is 2.27 bits per heavy atom. The summed E-state index contributed by atoms with van der Waals surface area (Å²) in [6.45, 7) is 2.16. The number of nitrogens with zero attached hydrogens (tertiary/aromatic N) is 5. The predicted molar refractivity (Wildman–Crippen MR) is 119 cm³/mol. The van der Waals surface area contributed by atoms with E-state index in [1.807, 2.05) is 61.5 Å². The lowest BCUT2D eigenvalue weighted by Gasteiger charge is -2.19. The Labute approximate surface area is 176 Å². The molecule has 1 N–H and O–H groups in total. The Morgan fingerprint density at radius 2 is 1.60 bits per heavy atom. The highest BCUT2D eigenvalue weighted by atomic mass is 16.1. The first-order valence-electron chi connectivity index (χ1n) is 10.2. The van der Waals surface area contributed by atoms with Crippen molar-refractivity contribution >= 4 is 17.8 Å². The third-order valence-corrected chi connectivity index (χ3v) is 5.11. The maximum Gasteiger partial charge on any atom is 0.251 e. The SMILES string of the molecule is CN(C)c1nc(CNC(=O)c2ccc(-c3ccccc3)cc2)nc(N2CCCC2)n1. The third kappa shape index (κ3) is 4.56. The van der Waals surface area contributed by atoms with Gasteiger partial charge in [0.1, 0.15) is 0 Å². The molecule has 0 atom stereocenters. The Bertz CT molecular complexity index is 998. The zero-order valence-electron chi connectivity index (χ0n) is 17.4. The van der Waals surface area contributed by atoms with Gasteiger partial charge in [0.05, 0.1) is 6.54 Å². The van der Waals surface area contributed by atoms with Crippen LogP contribution in [0, 0.1) is 0 Å². The Hall–Kier alpha value is -3.48. The molecule has 0 bridgehead atoms. The van der Waals surface area contributed by atoms with Crippen molar-refractivity contribution in [2.24, 2.45) is 0 Å². The molecule has 4 rings (SSSR count). The van der Waals surface area contributed by atoms with Gasteiger partial charge in [-0.05, 0) is 36.1 Å². The van der Waals surface area contributed by atoms with Crippen LogP contribution in [0.3, 0.4) is 0 Å². The molecule has 7 nitrogen and oxygen atoms in total. The highest BCUT2D eigenvalue weighted by Crippen LogP contribution is 2.20. The molecule has 2 heterocycles. The van der Waals surface area contributed by atoms with Crippen LogP contribution in [0.5, 0.6) is 0 Å². The number of carbonyl (C=O) groups is 1. The summed E-state index contributed by atoms with van der Waals surface area (Å²) in [5.74, 6) is 1.69. The fourth-order valence-electron chi connectivity index (χ4n) is 3.44.